The molecule has 1 saturated heterocycles. The van der Waals surface area contributed by atoms with Gasteiger partial charge in [-0.05, 0) is 30.7 Å². The third kappa shape index (κ3) is 3.33. The van der Waals surface area contributed by atoms with Crippen LogP contribution < -0.4 is 15.5 Å². The topological polar surface area (TPSA) is 57.3 Å². The molecule has 6 heteroatoms. The smallest absolute Gasteiger partial charge is 0.319 e. The van der Waals surface area contributed by atoms with Crippen LogP contribution in [0, 0.1) is 5.82 Å². The van der Waals surface area contributed by atoms with Gasteiger partial charge in [-0.2, -0.15) is 0 Å². The number of amides is 2. The minimum absolute atomic E-state index is 0.0220. The molecule has 1 aliphatic heterocycles. The Labute approximate surface area is 128 Å². The molecule has 114 valence electrons. The molecule has 2 N–H and O–H groups in total. The van der Waals surface area contributed by atoms with Gasteiger partial charge >= 0.3 is 6.03 Å². The van der Waals surface area contributed by atoms with E-state index >= 15 is 0 Å². The molecule has 1 atom stereocenters. The van der Waals surface area contributed by atoms with Crippen molar-refractivity contribution < 1.29 is 9.18 Å². The molecule has 22 heavy (non-hydrogen) atoms. The van der Waals surface area contributed by atoms with Crippen molar-refractivity contribution in [2.45, 2.75) is 12.5 Å². The number of nitrogens with zero attached hydrogens (tertiary/aromatic N) is 2. The summed E-state index contributed by atoms with van der Waals surface area (Å²) in [5.41, 5.74) is 0.180. The second-order valence-electron chi connectivity index (χ2n) is 5.20. The second kappa shape index (κ2) is 6.43. The van der Waals surface area contributed by atoms with Gasteiger partial charge in [-0.1, -0.05) is 18.2 Å². The number of carbonyl (C=O) groups is 1. The van der Waals surface area contributed by atoms with Gasteiger partial charge in [0.1, 0.15) is 11.6 Å². The maximum Gasteiger partial charge on any atom is 0.319 e. The summed E-state index contributed by atoms with van der Waals surface area (Å²) in [6.07, 6.45) is 2.59. The van der Waals surface area contributed by atoms with Crippen LogP contribution in [0.1, 0.15) is 6.42 Å². The summed E-state index contributed by atoms with van der Waals surface area (Å²) in [4.78, 5) is 18.4. The minimum atomic E-state index is -0.445. The van der Waals surface area contributed by atoms with Crippen LogP contribution in [-0.4, -0.2) is 30.1 Å². The fraction of sp³-hybridized carbons (Fsp3) is 0.250. The molecule has 2 amide bonds. The van der Waals surface area contributed by atoms with Crippen molar-refractivity contribution in [3.63, 3.8) is 0 Å². The summed E-state index contributed by atoms with van der Waals surface area (Å²) in [5, 5.41) is 5.40. The van der Waals surface area contributed by atoms with Crippen molar-refractivity contribution in [1.82, 2.24) is 10.3 Å². The normalized spacial score (nSPS) is 17.3. The fourth-order valence-electron chi connectivity index (χ4n) is 2.53. The molecule has 2 heterocycles. The first kappa shape index (κ1) is 14.3. The van der Waals surface area contributed by atoms with Crippen LogP contribution in [0.25, 0.3) is 0 Å². The largest absolute Gasteiger partial charge is 0.354 e. The highest BCUT2D eigenvalue weighted by molar-refractivity contribution is 5.89. The van der Waals surface area contributed by atoms with Gasteiger partial charge in [-0.15, -0.1) is 0 Å². The molecular weight excluding hydrogens is 283 g/mol. The molecule has 0 radical (unpaired) electrons. The lowest BCUT2D eigenvalue weighted by Crippen LogP contribution is -2.40. The summed E-state index contributed by atoms with van der Waals surface area (Å²) in [7, 11) is 0. The molecule has 5 nitrogen and oxygen atoms in total. The van der Waals surface area contributed by atoms with E-state index in [1.54, 1.807) is 18.3 Å². The lowest BCUT2D eigenvalue weighted by atomic mass is 10.2. The van der Waals surface area contributed by atoms with Crippen LogP contribution in [-0.2, 0) is 0 Å². The molecule has 1 aromatic carbocycles. The number of carbonyl (C=O) groups excluding carboxylic acids is 1. The Morgan fingerprint density at radius 1 is 1.23 bits per heavy atom. The highest BCUT2D eigenvalue weighted by Crippen LogP contribution is 2.17. The SMILES string of the molecule is O=C(Nc1ccccc1F)NC1CCN(c2ccccn2)C1. The summed E-state index contributed by atoms with van der Waals surface area (Å²) in [6, 6.07) is 11.5. The van der Waals surface area contributed by atoms with Gasteiger partial charge in [0, 0.05) is 25.3 Å². The lowest BCUT2D eigenvalue weighted by Gasteiger charge is -2.18. The van der Waals surface area contributed by atoms with Crippen molar-refractivity contribution in [3.8, 4) is 0 Å². The van der Waals surface area contributed by atoms with Gasteiger partial charge in [0.15, 0.2) is 0 Å². The van der Waals surface area contributed by atoms with E-state index in [0.717, 1.165) is 18.8 Å². The van der Waals surface area contributed by atoms with Gasteiger partial charge in [0.25, 0.3) is 0 Å². The first-order chi connectivity index (χ1) is 10.7. The summed E-state index contributed by atoms with van der Waals surface area (Å²) >= 11 is 0. The van der Waals surface area contributed by atoms with E-state index in [0.29, 0.717) is 6.54 Å². The number of hydrogen-bond donors (Lipinski definition) is 2. The first-order valence-corrected chi connectivity index (χ1v) is 7.20. The molecule has 0 aliphatic carbocycles. The number of pyridine rings is 1. The minimum Gasteiger partial charge on any atom is -0.354 e. The molecule has 1 unspecified atom stereocenters. The van der Waals surface area contributed by atoms with E-state index < -0.39 is 11.8 Å². The van der Waals surface area contributed by atoms with Gasteiger partial charge in [-0.3, -0.25) is 0 Å². The van der Waals surface area contributed by atoms with Crippen molar-refractivity contribution in [1.29, 1.82) is 0 Å². The highest BCUT2D eigenvalue weighted by atomic mass is 19.1. The van der Waals surface area contributed by atoms with E-state index in [2.05, 4.69) is 20.5 Å². The van der Waals surface area contributed by atoms with E-state index in [-0.39, 0.29) is 11.7 Å². The highest BCUT2D eigenvalue weighted by Gasteiger charge is 2.24. The Bertz CT molecular complexity index is 650. The van der Waals surface area contributed by atoms with Crippen LogP contribution in [0.15, 0.2) is 48.7 Å². The maximum atomic E-state index is 13.5. The Kier molecular flexibility index (Phi) is 4.18. The van der Waals surface area contributed by atoms with Crippen LogP contribution in [0.3, 0.4) is 0 Å². The Morgan fingerprint density at radius 2 is 2.05 bits per heavy atom. The van der Waals surface area contributed by atoms with Gasteiger partial charge in [0.2, 0.25) is 0 Å². The van der Waals surface area contributed by atoms with Crippen LogP contribution in [0.5, 0.6) is 0 Å². The number of rotatable bonds is 3. The zero-order valence-corrected chi connectivity index (χ0v) is 12.0. The average Bonchev–Trinajstić information content (AvgIpc) is 2.99. The third-order valence-corrected chi connectivity index (χ3v) is 3.62. The number of benzene rings is 1. The molecule has 1 aromatic heterocycles. The van der Waals surface area contributed by atoms with Crippen molar-refractivity contribution in [3.05, 3.63) is 54.5 Å². The number of para-hydroxylation sites is 1. The Balaban J connectivity index is 1.54. The van der Waals surface area contributed by atoms with Gasteiger partial charge < -0.3 is 15.5 Å². The fourth-order valence-corrected chi connectivity index (χ4v) is 2.53. The quantitative estimate of drug-likeness (QED) is 0.916. The third-order valence-electron chi connectivity index (χ3n) is 3.62. The number of hydrogen-bond acceptors (Lipinski definition) is 3. The number of halogens is 1. The summed E-state index contributed by atoms with van der Waals surface area (Å²) in [5.74, 6) is 0.459. The van der Waals surface area contributed by atoms with Crippen molar-refractivity contribution in [2.24, 2.45) is 0 Å². The lowest BCUT2D eigenvalue weighted by molar-refractivity contribution is 0.249. The second-order valence-corrected chi connectivity index (χ2v) is 5.20. The average molecular weight is 300 g/mol. The zero-order chi connectivity index (χ0) is 15.4. The standard InChI is InChI=1S/C16H17FN4O/c17-13-5-1-2-6-14(13)20-16(22)19-12-8-10-21(11-12)15-7-3-4-9-18-15/h1-7,9,12H,8,10-11H2,(H2,19,20,22). The summed E-state index contributed by atoms with van der Waals surface area (Å²) in [6.45, 7) is 1.53. The van der Waals surface area contributed by atoms with Gasteiger partial charge in [0.05, 0.1) is 5.69 Å². The first-order valence-electron chi connectivity index (χ1n) is 7.20. The Morgan fingerprint density at radius 3 is 2.82 bits per heavy atom. The van der Waals surface area contributed by atoms with E-state index in [4.69, 9.17) is 0 Å². The van der Waals surface area contributed by atoms with E-state index in [9.17, 15) is 9.18 Å². The number of anilines is 2. The van der Waals surface area contributed by atoms with E-state index in [1.165, 1.54) is 12.1 Å². The van der Waals surface area contributed by atoms with Crippen LogP contribution >= 0.6 is 0 Å². The molecule has 0 saturated carbocycles. The maximum absolute atomic E-state index is 13.5. The molecule has 3 rings (SSSR count). The zero-order valence-electron chi connectivity index (χ0n) is 12.0. The molecule has 2 aromatic rings. The molecular formula is C16H17FN4O. The molecule has 1 fully saturated rings. The summed E-state index contributed by atoms with van der Waals surface area (Å²) < 4.78 is 13.5. The van der Waals surface area contributed by atoms with Crippen molar-refractivity contribution >= 4 is 17.5 Å². The van der Waals surface area contributed by atoms with Crippen LogP contribution in [0.2, 0.25) is 0 Å². The number of urea groups is 1. The monoisotopic (exact) mass is 300 g/mol. The molecule has 0 spiro atoms. The Hall–Kier alpha value is -2.63. The molecule has 1 aliphatic rings. The predicted octanol–water partition coefficient (Wildman–Crippen LogP) is 2.62. The number of aromatic nitrogens is 1. The number of nitrogens with one attached hydrogen (secondary N) is 2. The van der Waals surface area contributed by atoms with Crippen molar-refractivity contribution in [2.75, 3.05) is 23.3 Å². The molecule has 0 bridgehead atoms. The van der Waals surface area contributed by atoms with Gasteiger partial charge in [-0.25, -0.2) is 14.2 Å². The predicted molar refractivity (Wildman–Crippen MR) is 83.4 cm³/mol. The van der Waals surface area contributed by atoms with E-state index in [1.807, 2.05) is 18.2 Å². The van der Waals surface area contributed by atoms with Crippen LogP contribution in [0.4, 0.5) is 20.7 Å².